The van der Waals surface area contributed by atoms with Gasteiger partial charge in [0, 0.05) is 19.1 Å². The third-order valence-electron chi connectivity index (χ3n) is 3.15. The molecule has 4 nitrogen and oxygen atoms in total. The van der Waals surface area contributed by atoms with E-state index in [1.165, 1.54) is 0 Å². The van der Waals surface area contributed by atoms with E-state index >= 15 is 0 Å². The Bertz CT molecular complexity index is 263. The fourth-order valence-corrected chi connectivity index (χ4v) is 2.92. The van der Waals surface area contributed by atoms with Crippen molar-refractivity contribution in [3.05, 3.63) is 0 Å². The molecule has 0 bridgehead atoms. The van der Waals surface area contributed by atoms with Crippen LogP contribution in [0.15, 0.2) is 0 Å². The Morgan fingerprint density at radius 2 is 1.79 bits per heavy atom. The van der Waals surface area contributed by atoms with E-state index in [9.17, 15) is 8.42 Å². The normalized spacial score (nSPS) is 27.1. The predicted molar refractivity (Wildman–Crippen MR) is 57.9 cm³/mol. The summed E-state index contributed by atoms with van der Waals surface area (Å²) in [6.07, 6.45) is 0. The summed E-state index contributed by atoms with van der Waals surface area (Å²) in [6, 6.07) is 0.385. The Hall–Kier alpha value is -0.130. The lowest BCUT2D eigenvalue weighted by Crippen LogP contribution is -2.48. The van der Waals surface area contributed by atoms with Gasteiger partial charge in [-0.05, 0) is 19.4 Å². The first kappa shape index (κ1) is 11.9. The number of nitrogens with zero attached hydrogens (tertiary/aromatic N) is 1. The van der Waals surface area contributed by atoms with Gasteiger partial charge in [0.15, 0.2) is 9.84 Å². The number of sulfone groups is 1. The maximum Gasteiger partial charge on any atom is 0.152 e. The summed E-state index contributed by atoms with van der Waals surface area (Å²) in [7, 11) is -2.75. The number of hydrogen-bond acceptors (Lipinski definition) is 4. The van der Waals surface area contributed by atoms with Crippen LogP contribution in [-0.4, -0.2) is 50.5 Å². The largest absolute Gasteiger partial charge is 0.330 e. The maximum absolute atomic E-state index is 11.2. The average molecular weight is 220 g/mol. The molecule has 14 heavy (non-hydrogen) atoms. The van der Waals surface area contributed by atoms with Crippen molar-refractivity contribution in [2.24, 2.45) is 11.7 Å². The van der Waals surface area contributed by atoms with E-state index < -0.39 is 9.84 Å². The van der Waals surface area contributed by atoms with Crippen LogP contribution in [0.25, 0.3) is 0 Å². The van der Waals surface area contributed by atoms with Crippen LogP contribution in [0.1, 0.15) is 13.8 Å². The van der Waals surface area contributed by atoms with Crippen molar-refractivity contribution in [2.45, 2.75) is 19.9 Å². The molecule has 1 aliphatic heterocycles. The van der Waals surface area contributed by atoms with E-state index in [1.807, 2.05) is 0 Å². The van der Waals surface area contributed by atoms with Crippen molar-refractivity contribution in [2.75, 3.05) is 31.1 Å². The van der Waals surface area contributed by atoms with Crippen LogP contribution in [0.4, 0.5) is 0 Å². The summed E-state index contributed by atoms with van der Waals surface area (Å²) < 4.78 is 22.4. The molecule has 2 atom stereocenters. The zero-order chi connectivity index (χ0) is 10.8. The number of rotatable bonds is 3. The van der Waals surface area contributed by atoms with E-state index in [0.717, 1.165) is 0 Å². The second kappa shape index (κ2) is 4.59. The molecule has 1 heterocycles. The molecule has 1 aliphatic rings. The minimum Gasteiger partial charge on any atom is -0.330 e. The van der Waals surface area contributed by atoms with Crippen LogP contribution in [0.5, 0.6) is 0 Å². The fraction of sp³-hybridized carbons (Fsp3) is 1.00. The van der Waals surface area contributed by atoms with Gasteiger partial charge in [0.05, 0.1) is 11.5 Å². The summed E-state index contributed by atoms with van der Waals surface area (Å²) in [5.41, 5.74) is 5.59. The van der Waals surface area contributed by atoms with Crippen LogP contribution in [0.3, 0.4) is 0 Å². The first-order valence-electron chi connectivity index (χ1n) is 5.11. The van der Waals surface area contributed by atoms with E-state index in [4.69, 9.17) is 5.73 Å². The zero-order valence-corrected chi connectivity index (χ0v) is 9.76. The van der Waals surface area contributed by atoms with E-state index in [-0.39, 0.29) is 0 Å². The lowest BCUT2D eigenvalue weighted by atomic mass is 10.0. The Balaban J connectivity index is 2.49. The summed E-state index contributed by atoms with van der Waals surface area (Å²) in [5, 5.41) is 0. The SMILES string of the molecule is CC(CN)C(C)N1CCS(=O)(=O)CC1. The van der Waals surface area contributed by atoms with E-state index in [2.05, 4.69) is 18.7 Å². The van der Waals surface area contributed by atoms with Gasteiger partial charge in [0.25, 0.3) is 0 Å². The topological polar surface area (TPSA) is 63.4 Å². The molecule has 0 amide bonds. The second-order valence-corrected chi connectivity index (χ2v) is 6.45. The fourth-order valence-electron chi connectivity index (χ4n) is 1.69. The monoisotopic (exact) mass is 220 g/mol. The summed E-state index contributed by atoms with van der Waals surface area (Å²) in [6.45, 7) is 6.20. The Morgan fingerprint density at radius 3 is 2.21 bits per heavy atom. The molecule has 0 aromatic rings. The molecular formula is C9H20N2O2S. The Labute approximate surface area is 86.4 Å². The lowest BCUT2D eigenvalue weighted by Gasteiger charge is -2.35. The number of nitrogens with two attached hydrogens (primary N) is 1. The van der Waals surface area contributed by atoms with Crippen molar-refractivity contribution in [3.63, 3.8) is 0 Å². The van der Waals surface area contributed by atoms with Crippen LogP contribution in [0.2, 0.25) is 0 Å². The third kappa shape index (κ3) is 2.93. The molecule has 2 N–H and O–H groups in total. The molecule has 0 aliphatic carbocycles. The molecule has 0 spiro atoms. The lowest BCUT2D eigenvalue weighted by molar-refractivity contribution is 0.177. The van der Waals surface area contributed by atoms with Crippen molar-refractivity contribution < 1.29 is 8.42 Å². The minimum atomic E-state index is -2.75. The molecule has 2 unspecified atom stereocenters. The summed E-state index contributed by atoms with van der Waals surface area (Å²) in [4.78, 5) is 2.22. The van der Waals surface area contributed by atoms with Crippen molar-refractivity contribution in [1.29, 1.82) is 0 Å². The van der Waals surface area contributed by atoms with Gasteiger partial charge in [-0.2, -0.15) is 0 Å². The molecule has 84 valence electrons. The van der Waals surface area contributed by atoms with Crippen LogP contribution >= 0.6 is 0 Å². The molecule has 0 aromatic carbocycles. The highest BCUT2D eigenvalue weighted by atomic mass is 32.2. The summed E-state index contributed by atoms with van der Waals surface area (Å²) in [5.74, 6) is 1.03. The maximum atomic E-state index is 11.2. The molecule has 5 heteroatoms. The quantitative estimate of drug-likeness (QED) is 0.709. The third-order valence-corrected chi connectivity index (χ3v) is 4.76. The van der Waals surface area contributed by atoms with Crippen LogP contribution in [0, 0.1) is 5.92 Å². The molecule has 1 saturated heterocycles. The van der Waals surface area contributed by atoms with Crippen molar-refractivity contribution in [1.82, 2.24) is 4.90 Å². The van der Waals surface area contributed by atoms with E-state index in [0.29, 0.717) is 43.1 Å². The molecular weight excluding hydrogens is 200 g/mol. The van der Waals surface area contributed by atoms with Gasteiger partial charge in [-0.3, -0.25) is 4.90 Å². The molecule has 1 fully saturated rings. The second-order valence-electron chi connectivity index (χ2n) is 4.14. The van der Waals surface area contributed by atoms with Gasteiger partial charge in [-0.25, -0.2) is 8.42 Å². The Kier molecular flexibility index (Phi) is 3.92. The van der Waals surface area contributed by atoms with Crippen LogP contribution < -0.4 is 5.73 Å². The minimum absolute atomic E-state index is 0.300. The van der Waals surface area contributed by atoms with Gasteiger partial charge in [0.1, 0.15) is 0 Å². The molecule has 0 saturated carbocycles. The highest BCUT2D eigenvalue weighted by Gasteiger charge is 2.26. The van der Waals surface area contributed by atoms with Gasteiger partial charge in [-0.1, -0.05) is 6.92 Å². The smallest absolute Gasteiger partial charge is 0.152 e. The standard InChI is InChI=1S/C9H20N2O2S/c1-8(7-10)9(2)11-3-5-14(12,13)6-4-11/h8-9H,3-7,10H2,1-2H3. The van der Waals surface area contributed by atoms with Gasteiger partial charge >= 0.3 is 0 Å². The molecule has 1 rings (SSSR count). The summed E-state index contributed by atoms with van der Waals surface area (Å²) >= 11 is 0. The zero-order valence-electron chi connectivity index (χ0n) is 8.94. The molecule has 0 radical (unpaired) electrons. The highest BCUT2D eigenvalue weighted by Crippen LogP contribution is 2.13. The predicted octanol–water partition coefficient (Wildman–Crippen LogP) is -0.300. The molecule has 0 aromatic heterocycles. The first-order chi connectivity index (χ1) is 6.46. The van der Waals surface area contributed by atoms with Gasteiger partial charge in [-0.15, -0.1) is 0 Å². The highest BCUT2D eigenvalue weighted by molar-refractivity contribution is 7.91. The average Bonchev–Trinajstić information content (AvgIpc) is 2.15. The Morgan fingerprint density at radius 1 is 1.29 bits per heavy atom. The van der Waals surface area contributed by atoms with Gasteiger partial charge < -0.3 is 5.73 Å². The van der Waals surface area contributed by atoms with Crippen molar-refractivity contribution in [3.8, 4) is 0 Å². The van der Waals surface area contributed by atoms with Gasteiger partial charge in [0.2, 0.25) is 0 Å². The van der Waals surface area contributed by atoms with Crippen molar-refractivity contribution >= 4 is 9.84 Å². The van der Waals surface area contributed by atoms with E-state index in [1.54, 1.807) is 0 Å². The van der Waals surface area contributed by atoms with Crippen LogP contribution in [-0.2, 0) is 9.84 Å². The number of hydrogen-bond donors (Lipinski definition) is 1. The first-order valence-corrected chi connectivity index (χ1v) is 6.93.